The zero-order valence-electron chi connectivity index (χ0n) is 14.3. The number of methoxy groups -OCH3 is 1. The van der Waals surface area contributed by atoms with Crippen LogP contribution >= 0.6 is 11.3 Å². The molecule has 5 nitrogen and oxygen atoms in total. The standard InChI is InChI=1S/C19H18FN3O2S/c1-25-13-4-5-15(20)12(9-13)10-23-7-6-14-16(11-23)21-18(22-19(14)24)17-3-2-8-26-17/h2-5,8-9H,6-7,10-11H2,1H3,(H,21,22,24). The van der Waals surface area contributed by atoms with Crippen LogP contribution in [-0.4, -0.2) is 28.5 Å². The van der Waals surface area contributed by atoms with Crippen molar-refractivity contribution in [3.05, 3.63) is 68.7 Å². The summed E-state index contributed by atoms with van der Waals surface area (Å²) in [5.41, 5.74) is 2.00. The highest BCUT2D eigenvalue weighted by Crippen LogP contribution is 2.24. The minimum Gasteiger partial charge on any atom is -0.497 e. The van der Waals surface area contributed by atoms with Gasteiger partial charge in [-0.2, -0.15) is 0 Å². The molecule has 26 heavy (non-hydrogen) atoms. The van der Waals surface area contributed by atoms with E-state index in [0.29, 0.717) is 43.2 Å². The molecule has 1 aliphatic rings. The van der Waals surface area contributed by atoms with Crippen LogP contribution in [0.1, 0.15) is 16.8 Å². The number of thiophene rings is 1. The van der Waals surface area contributed by atoms with Gasteiger partial charge in [0.15, 0.2) is 5.82 Å². The molecule has 0 fully saturated rings. The lowest BCUT2D eigenvalue weighted by molar-refractivity contribution is 0.237. The van der Waals surface area contributed by atoms with Gasteiger partial charge in [0.05, 0.1) is 17.7 Å². The molecule has 1 aliphatic heterocycles. The maximum atomic E-state index is 14.1. The van der Waals surface area contributed by atoms with Gasteiger partial charge in [0.1, 0.15) is 11.6 Å². The number of fused-ring (bicyclic) bond motifs is 1. The highest BCUT2D eigenvalue weighted by atomic mass is 32.1. The monoisotopic (exact) mass is 371 g/mol. The Kier molecular flexibility index (Phi) is 4.57. The second-order valence-electron chi connectivity index (χ2n) is 6.24. The predicted molar refractivity (Wildman–Crippen MR) is 98.9 cm³/mol. The number of benzene rings is 1. The summed E-state index contributed by atoms with van der Waals surface area (Å²) in [6.45, 7) is 1.66. The summed E-state index contributed by atoms with van der Waals surface area (Å²) >= 11 is 1.54. The molecule has 4 rings (SSSR count). The van der Waals surface area contributed by atoms with E-state index in [1.807, 2.05) is 17.5 Å². The second kappa shape index (κ2) is 7.01. The Morgan fingerprint density at radius 1 is 1.38 bits per heavy atom. The van der Waals surface area contributed by atoms with E-state index >= 15 is 0 Å². The van der Waals surface area contributed by atoms with E-state index in [9.17, 15) is 9.18 Å². The first-order valence-corrected chi connectivity index (χ1v) is 9.22. The lowest BCUT2D eigenvalue weighted by atomic mass is 10.1. The highest BCUT2D eigenvalue weighted by molar-refractivity contribution is 7.13. The first-order chi connectivity index (χ1) is 12.6. The van der Waals surface area contributed by atoms with Gasteiger partial charge in [0, 0.05) is 30.8 Å². The van der Waals surface area contributed by atoms with Crippen molar-refractivity contribution in [1.82, 2.24) is 14.9 Å². The molecule has 0 radical (unpaired) electrons. The van der Waals surface area contributed by atoms with Crippen LogP contribution in [0.25, 0.3) is 10.7 Å². The van der Waals surface area contributed by atoms with E-state index in [0.717, 1.165) is 16.1 Å². The van der Waals surface area contributed by atoms with Crippen LogP contribution in [0, 0.1) is 5.82 Å². The number of halogens is 1. The van der Waals surface area contributed by atoms with E-state index in [4.69, 9.17) is 4.74 Å². The van der Waals surface area contributed by atoms with Crippen LogP contribution in [0.4, 0.5) is 4.39 Å². The summed E-state index contributed by atoms with van der Waals surface area (Å²) in [7, 11) is 1.57. The summed E-state index contributed by atoms with van der Waals surface area (Å²) in [5.74, 6) is 0.973. The Labute approximate surface area is 154 Å². The molecular weight excluding hydrogens is 353 g/mol. The third-order valence-corrected chi connectivity index (χ3v) is 5.43. The number of aromatic amines is 1. The Balaban J connectivity index is 1.60. The molecule has 134 valence electrons. The number of H-pyrrole nitrogens is 1. The molecule has 3 aromatic rings. The molecule has 7 heteroatoms. The van der Waals surface area contributed by atoms with Crippen molar-refractivity contribution in [2.24, 2.45) is 0 Å². The third kappa shape index (κ3) is 3.27. The average Bonchev–Trinajstić information content (AvgIpc) is 3.18. The van der Waals surface area contributed by atoms with Gasteiger partial charge in [-0.3, -0.25) is 9.69 Å². The zero-order chi connectivity index (χ0) is 18.1. The topological polar surface area (TPSA) is 58.2 Å². The van der Waals surface area contributed by atoms with Crippen LogP contribution in [0.3, 0.4) is 0 Å². The normalized spacial score (nSPS) is 14.2. The Morgan fingerprint density at radius 3 is 3.04 bits per heavy atom. The average molecular weight is 371 g/mol. The van der Waals surface area contributed by atoms with Gasteiger partial charge in [-0.15, -0.1) is 11.3 Å². The highest BCUT2D eigenvalue weighted by Gasteiger charge is 2.22. The summed E-state index contributed by atoms with van der Waals surface area (Å²) < 4.78 is 19.3. The summed E-state index contributed by atoms with van der Waals surface area (Å²) in [6.07, 6.45) is 0.605. The smallest absolute Gasteiger partial charge is 0.254 e. The fraction of sp³-hybridized carbons (Fsp3) is 0.263. The number of rotatable bonds is 4. The van der Waals surface area contributed by atoms with Gasteiger partial charge in [-0.05, 0) is 36.1 Å². The van der Waals surface area contributed by atoms with Crippen LogP contribution in [0.5, 0.6) is 5.75 Å². The van der Waals surface area contributed by atoms with Crippen molar-refractivity contribution in [2.75, 3.05) is 13.7 Å². The van der Waals surface area contributed by atoms with Gasteiger partial charge in [-0.25, -0.2) is 9.37 Å². The van der Waals surface area contributed by atoms with Gasteiger partial charge in [0.25, 0.3) is 5.56 Å². The van der Waals surface area contributed by atoms with E-state index < -0.39 is 0 Å². The molecule has 0 unspecified atom stereocenters. The minimum absolute atomic E-state index is 0.0781. The van der Waals surface area contributed by atoms with Crippen molar-refractivity contribution < 1.29 is 9.13 Å². The Bertz CT molecular complexity index is 985. The second-order valence-corrected chi connectivity index (χ2v) is 7.18. The van der Waals surface area contributed by atoms with Crippen LogP contribution in [0.15, 0.2) is 40.5 Å². The molecule has 0 aliphatic carbocycles. The molecule has 0 saturated carbocycles. The van der Waals surface area contributed by atoms with Crippen molar-refractivity contribution in [3.8, 4) is 16.5 Å². The number of hydrogen-bond acceptors (Lipinski definition) is 5. The quantitative estimate of drug-likeness (QED) is 0.765. The fourth-order valence-electron chi connectivity index (χ4n) is 3.20. The first-order valence-electron chi connectivity index (χ1n) is 8.35. The first kappa shape index (κ1) is 16.9. The Morgan fingerprint density at radius 2 is 2.27 bits per heavy atom. The van der Waals surface area contributed by atoms with Gasteiger partial charge < -0.3 is 9.72 Å². The summed E-state index contributed by atoms with van der Waals surface area (Å²) in [4.78, 5) is 23.0. The molecule has 1 N–H and O–H groups in total. The van der Waals surface area contributed by atoms with Crippen molar-refractivity contribution in [2.45, 2.75) is 19.5 Å². The van der Waals surface area contributed by atoms with Crippen LogP contribution in [-0.2, 0) is 19.5 Å². The van der Waals surface area contributed by atoms with E-state index in [2.05, 4.69) is 14.9 Å². The van der Waals surface area contributed by atoms with Crippen molar-refractivity contribution in [1.29, 1.82) is 0 Å². The molecule has 0 saturated heterocycles. The number of nitrogens with zero attached hydrogens (tertiary/aromatic N) is 2. The fourth-order valence-corrected chi connectivity index (χ4v) is 3.87. The van der Waals surface area contributed by atoms with Crippen LogP contribution < -0.4 is 10.3 Å². The third-order valence-electron chi connectivity index (χ3n) is 4.55. The largest absolute Gasteiger partial charge is 0.497 e. The Hall–Kier alpha value is -2.51. The summed E-state index contributed by atoms with van der Waals surface area (Å²) in [5, 5.41) is 1.95. The molecule has 3 heterocycles. The molecule has 0 bridgehead atoms. The SMILES string of the molecule is COc1ccc(F)c(CN2CCc3c(nc(-c4cccs4)[nH]c3=O)C2)c1. The lowest BCUT2D eigenvalue weighted by Crippen LogP contribution is -2.35. The molecule has 2 aromatic heterocycles. The maximum Gasteiger partial charge on any atom is 0.254 e. The molecule has 0 spiro atoms. The maximum absolute atomic E-state index is 14.1. The number of aromatic nitrogens is 2. The number of ether oxygens (including phenoxy) is 1. The predicted octanol–water partition coefficient (Wildman–Crippen LogP) is 3.20. The lowest BCUT2D eigenvalue weighted by Gasteiger charge is -2.27. The van der Waals surface area contributed by atoms with E-state index in [-0.39, 0.29) is 11.4 Å². The van der Waals surface area contributed by atoms with Gasteiger partial charge in [-0.1, -0.05) is 6.07 Å². The molecule has 0 atom stereocenters. The number of hydrogen-bond donors (Lipinski definition) is 1. The molecule has 0 amide bonds. The van der Waals surface area contributed by atoms with Crippen LogP contribution in [0.2, 0.25) is 0 Å². The van der Waals surface area contributed by atoms with E-state index in [1.165, 1.54) is 17.4 Å². The molecule has 1 aromatic carbocycles. The van der Waals surface area contributed by atoms with Gasteiger partial charge >= 0.3 is 0 Å². The minimum atomic E-state index is -0.255. The van der Waals surface area contributed by atoms with Crippen molar-refractivity contribution in [3.63, 3.8) is 0 Å². The van der Waals surface area contributed by atoms with Gasteiger partial charge in [0.2, 0.25) is 0 Å². The van der Waals surface area contributed by atoms with Crippen molar-refractivity contribution >= 4 is 11.3 Å². The summed E-state index contributed by atoms with van der Waals surface area (Å²) in [6, 6.07) is 8.61. The zero-order valence-corrected chi connectivity index (χ0v) is 15.1. The van der Waals surface area contributed by atoms with E-state index in [1.54, 1.807) is 19.2 Å². The number of nitrogens with one attached hydrogen (secondary N) is 1. The molecular formula is C19H18FN3O2S.